The first kappa shape index (κ1) is 16.8. The molecule has 0 radical (unpaired) electrons. The standard InChI is InChI=1S/C17H18F3NO3/c18-11-8-13(20)12(19)5-10(11)7-16(22)21-14-4-2-1-3-9(14)6-15(21)17(23)24/h5,8-9,14-15H,1-4,6-7H2,(H,23,24). The summed E-state index contributed by atoms with van der Waals surface area (Å²) in [4.78, 5) is 25.4. The van der Waals surface area contributed by atoms with E-state index in [0.717, 1.165) is 25.7 Å². The second-order valence-electron chi connectivity index (χ2n) is 6.54. The summed E-state index contributed by atoms with van der Waals surface area (Å²) in [5, 5.41) is 9.40. The Hall–Kier alpha value is -2.05. The lowest BCUT2D eigenvalue weighted by Crippen LogP contribution is -2.47. The number of benzene rings is 1. The summed E-state index contributed by atoms with van der Waals surface area (Å²) in [7, 11) is 0. The van der Waals surface area contributed by atoms with Gasteiger partial charge in [0.15, 0.2) is 11.6 Å². The van der Waals surface area contributed by atoms with Crippen LogP contribution >= 0.6 is 0 Å². The van der Waals surface area contributed by atoms with Crippen LogP contribution in [0.1, 0.15) is 37.7 Å². The van der Waals surface area contributed by atoms with Gasteiger partial charge in [-0.05, 0) is 31.2 Å². The molecule has 1 saturated heterocycles. The van der Waals surface area contributed by atoms with Crippen LogP contribution in [0.4, 0.5) is 13.2 Å². The average Bonchev–Trinajstić information content (AvgIpc) is 2.92. The summed E-state index contributed by atoms with van der Waals surface area (Å²) in [6, 6.07) is -0.0352. The number of hydrogen-bond acceptors (Lipinski definition) is 2. The zero-order chi connectivity index (χ0) is 17.4. The van der Waals surface area contributed by atoms with Gasteiger partial charge in [-0.25, -0.2) is 18.0 Å². The minimum atomic E-state index is -1.32. The minimum absolute atomic E-state index is 0.138. The van der Waals surface area contributed by atoms with Crippen molar-refractivity contribution in [2.24, 2.45) is 5.92 Å². The number of fused-ring (bicyclic) bond motifs is 1. The molecule has 3 unspecified atom stereocenters. The van der Waals surface area contributed by atoms with Crippen molar-refractivity contribution in [3.05, 3.63) is 35.1 Å². The van der Waals surface area contributed by atoms with Gasteiger partial charge in [0.1, 0.15) is 11.9 Å². The lowest BCUT2D eigenvalue weighted by atomic mass is 9.84. The van der Waals surface area contributed by atoms with E-state index in [-0.39, 0.29) is 17.5 Å². The average molecular weight is 341 g/mol. The smallest absolute Gasteiger partial charge is 0.326 e. The van der Waals surface area contributed by atoms with Crippen LogP contribution in [0.3, 0.4) is 0 Å². The third-order valence-electron chi connectivity index (χ3n) is 5.09. The summed E-state index contributed by atoms with van der Waals surface area (Å²) in [5.41, 5.74) is -0.262. The lowest BCUT2D eigenvalue weighted by Gasteiger charge is -2.33. The molecule has 24 heavy (non-hydrogen) atoms. The molecule has 130 valence electrons. The highest BCUT2D eigenvalue weighted by atomic mass is 19.2. The molecule has 7 heteroatoms. The first-order valence-electron chi connectivity index (χ1n) is 8.06. The monoisotopic (exact) mass is 341 g/mol. The van der Waals surface area contributed by atoms with Gasteiger partial charge in [-0.1, -0.05) is 12.8 Å². The molecule has 1 heterocycles. The topological polar surface area (TPSA) is 57.6 Å². The number of nitrogens with zero attached hydrogens (tertiary/aromatic N) is 1. The van der Waals surface area contributed by atoms with Crippen LogP contribution in [0.25, 0.3) is 0 Å². The van der Waals surface area contributed by atoms with Crippen LogP contribution in [-0.2, 0) is 16.0 Å². The van der Waals surface area contributed by atoms with E-state index in [1.807, 2.05) is 0 Å². The van der Waals surface area contributed by atoms with Crippen LogP contribution in [0.2, 0.25) is 0 Å². The van der Waals surface area contributed by atoms with Gasteiger partial charge in [0, 0.05) is 17.7 Å². The Morgan fingerprint density at radius 2 is 1.75 bits per heavy atom. The molecule has 0 bridgehead atoms. The molecule has 3 atom stereocenters. The second-order valence-corrected chi connectivity index (χ2v) is 6.54. The molecule has 3 rings (SSSR count). The number of halogens is 3. The SMILES string of the molecule is O=C(O)C1CC2CCCCC2N1C(=O)Cc1cc(F)c(F)cc1F. The van der Waals surface area contributed by atoms with E-state index in [4.69, 9.17) is 0 Å². The Labute approximate surface area is 137 Å². The Bertz CT molecular complexity index is 679. The zero-order valence-electron chi connectivity index (χ0n) is 13.0. The van der Waals surface area contributed by atoms with Crippen LogP contribution in [0, 0.1) is 23.4 Å². The molecule has 0 aromatic heterocycles. The molecular formula is C17H18F3NO3. The number of carbonyl (C=O) groups excluding carboxylic acids is 1. The molecule has 1 amide bonds. The van der Waals surface area contributed by atoms with Crippen molar-refractivity contribution in [2.75, 3.05) is 0 Å². The molecular weight excluding hydrogens is 323 g/mol. The second kappa shape index (κ2) is 6.45. The van der Waals surface area contributed by atoms with Gasteiger partial charge in [0.25, 0.3) is 0 Å². The van der Waals surface area contributed by atoms with Crippen molar-refractivity contribution >= 4 is 11.9 Å². The summed E-state index contributed by atoms with van der Waals surface area (Å²) in [6.07, 6.45) is 3.43. The predicted molar refractivity (Wildman–Crippen MR) is 78.7 cm³/mol. The fraction of sp³-hybridized carbons (Fsp3) is 0.529. The Balaban J connectivity index is 1.84. The van der Waals surface area contributed by atoms with Gasteiger partial charge in [-0.3, -0.25) is 4.79 Å². The van der Waals surface area contributed by atoms with Crippen LogP contribution in [0.15, 0.2) is 12.1 Å². The predicted octanol–water partition coefficient (Wildman–Crippen LogP) is 2.89. The van der Waals surface area contributed by atoms with Gasteiger partial charge in [-0.15, -0.1) is 0 Å². The summed E-state index contributed by atoms with van der Waals surface area (Å²) < 4.78 is 40.1. The number of carboxylic acids is 1. The van der Waals surface area contributed by atoms with Gasteiger partial charge in [0.2, 0.25) is 5.91 Å². The summed E-state index contributed by atoms with van der Waals surface area (Å²) >= 11 is 0. The fourth-order valence-electron chi connectivity index (χ4n) is 3.99. The summed E-state index contributed by atoms with van der Waals surface area (Å²) in [5.74, 6) is -5.05. The van der Waals surface area contributed by atoms with Crippen LogP contribution in [0.5, 0.6) is 0 Å². The number of aliphatic carboxylic acids is 1. The van der Waals surface area contributed by atoms with E-state index in [1.54, 1.807) is 0 Å². The van der Waals surface area contributed by atoms with Gasteiger partial charge < -0.3 is 10.0 Å². The molecule has 1 aromatic rings. The van der Waals surface area contributed by atoms with Crippen molar-refractivity contribution in [2.45, 2.75) is 50.6 Å². The highest BCUT2D eigenvalue weighted by Gasteiger charge is 2.47. The van der Waals surface area contributed by atoms with Crippen molar-refractivity contribution in [1.82, 2.24) is 4.90 Å². The number of carbonyl (C=O) groups is 2. The first-order valence-corrected chi connectivity index (χ1v) is 8.06. The molecule has 4 nitrogen and oxygen atoms in total. The minimum Gasteiger partial charge on any atom is -0.480 e. The number of amides is 1. The molecule has 1 N–H and O–H groups in total. The summed E-state index contributed by atoms with van der Waals surface area (Å²) in [6.45, 7) is 0. The van der Waals surface area contributed by atoms with Crippen LogP contribution in [-0.4, -0.2) is 34.0 Å². The van der Waals surface area contributed by atoms with E-state index in [0.29, 0.717) is 18.6 Å². The van der Waals surface area contributed by atoms with E-state index in [1.165, 1.54) is 4.90 Å². The van der Waals surface area contributed by atoms with E-state index in [2.05, 4.69) is 0 Å². The van der Waals surface area contributed by atoms with Crippen molar-refractivity contribution in [3.8, 4) is 0 Å². The maximum absolute atomic E-state index is 13.8. The molecule has 1 saturated carbocycles. The quantitative estimate of drug-likeness (QED) is 0.860. The van der Waals surface area contributed by atoms with E-state index < -0.39 is 41.8 Å². The van der Waals surface area contributed by atoms with E-state index in [9.17, 15) is 27.9 Å². The molecule has 1 aliphatic carbocycles. The molecule has 2 fully saturated rings. The van der Waals surface area contributed by atoms with Crippen molar-refractivity contribution in [3.63, 3.8) is 0 Å². The third kappa shape index (κ3) is 2.99. The third-order valence-corrected chi connectivity index (χ3v) is 5.09. The number of rotatable bonds is 3. The molecule has 0 spiro atoms. The van der Waals surface area contributed by atoms with E-state index >= 15 is 0 Å². The van der Waals surface area contributed by atoms with Crippen LogP contribution < -0.4 is 0 Å². The Morgan fingerprint density at radius 3 is 2.46 bits per heavy atom. The first-order chi connectivity index (χ1) is 11.4. The highest BCUT2D eigenvalue weighted by Crippen LogP contribution is 2.40. The van der Waals surface area contributed by atoms with Crippen molar-refractivity contribution < 1.29 is 27.9 Å². The largest absolute Gasteiger partial charge is 0.480 e. The normalized spacial score (nSPS) is 26.3. The number of carboxylic acid groups (broad SMARTS) is 1. The molecule has 1 aromatic carbocycles. The lowest BCUT2D eigenvalue weighted by molar-refractivity contribution is -0.149. The number of likely N-dealkylation sites (tertiary alicyclic amines) is 1. The molecule has 1 aliphatic heterocycles. The van der Waals surface area contributed by atoms with Gasteiger partial charge in [0.05, 0.1) is 6.42 Å². The van der Waals surface area contributed by atoms with Crippen molar-refractivity contribution in [1.29, 1.82) is 0 Å². The Morgan fingerprint density at radius 1 is 1.08 bits per heavy atom. The molecule has 2 aliphatic rings. The maximum atomic E-state index is 13.8. The zero-order valence-corrected chi connectivity index (χ0v) is 13.0. The maximum Gasteiger partial charge on any atom is 0.326 e. The number of hydrogen-bond donors (Lipinski definition) is 1. The highest BCUT2D eigenvalue weighted by molar-refractivity contribution is 5.86. The Kier molecular flexibility index (Phi) is 4.51. The fourth-order valence-corrected chi connectivity index (χ4v) is 3.99. The van der Waals surface area contributed by atoms with Gasteiger partial charge >= 0.3 is 5.97 Å². The van der Waals surface area contributed by atoms with Gasteiger partial charge in [-0.2, -0.15) is 0 Å².